The van der Waals surface area contributed by atoms with Crippen LogP contribution in [0, 0.1) is 11.7 Å². The second kappa shape index (κ2) is 11.1. The molecular formula is C20H33FN4O. The van der Waals surface area contributed by atoms with Gasteiger partial charge in [-0.1, -0.05) is 38.8 Å². The number of morpholine rings is 1. The largest absolute Gasteiger partial charge is 0.379 e. The van der Waals surface area contributed by atoms with Crippen LogP contribution in [0.3, 0.4) is 0 Å². The SMILES string of the molecule is CCC(CC)C(CNC(=NC)NCc1ccc(F)cc1)N1CCOCC1. The van der Waals surface area contributed by atoms with Crippen LogP contribution in [0.25, 0.3) is 0 Å². The summed E-state index contributed by atoms with van der Waals surface area (Å²) in [6, 6.07) is 7.01. The van der Waals surface area contributed by atoms with Crippen LogP contribution >= 0.6 is 0 Å². The van der Waals surface area contributed by atoms with E-state index in [1.165, 1.54) is 25.0 Å². The van der Waals surface area contributed by atoms with Gasteiger partial charge in [-0.3, -0.25) is 9.89 Å². The van der Waals surface area contributed by atoms with Gasteiger partial charge in [-0.15, -0.1) is 0 Å². The second-order valence-electron chi connectivity index (χ2n) is 6.73. The maximum atomic E-state index is 13.0. The molecular weight excluding hydrogens is 331 g/mol. The molecule has 1 fully saturated rings. The Morgan fingerprint density at radius 3 is 2.38 bits per heavy atom. The fraction of sp³-hybridized carbons (Fsp3) is 0.650. The number of guanidine groups is 1. The lowest BCUT2D eigenvalue weighted by Crippen LogP contribution is -2.53. The van der Waals surface area contributed by atoms with Crippen LogP contribution in [0.2, 0.25) is 0 Å². The highest BCUT2D eigenvalue weighted by molar-refractivity contribution is 5.79. The minimum atomic E-state index is -0.213. The fourth-order valence-corrected chi connectivity index (χ4v) is 3.55. The number of hydrogen-bond donors (Lipinski definition) is 2. The van der Waals surface area contributed by atoms with E-state index in [4.69, 9.17) is 4.74 Å². The minimum Gasteiger partial charge on any atom is -0.379 e. The Balaban J connectivity index is 1.90. The molecule has 0 bridgehead atoms. The van der Waals surface area contributed by atoms with Crippen molar-refractivity contribution < 1.29 is 9.13 Å². The Hall–Kier alpha value is -1.66. The third-order valence-corrected chi connectivity index (χ3v) is 5.18. The summed E-state index contributed by atoms with van der Waals surface area (Å²) in [5.74, 6) is 1.21. The molecule has 26 heavy (non-hydrogen) atoms. The van der Waals surface area contributed by atoms with Gasteiger partial charge in [0.25, 0.3) is 0 Å². The molecule has 2 N–H and O–H groups in total. The molecule has 5 nitrogen and oxygen atoms in total. The van der Waals surface area contributed by atoms with Gasteiger partial charge in [-0.05, 0) is 23.6 Å². The van der Waals surface area contributed by atoms with Crippen LogP contribution in [0.4, 0.5) is 4.39 Å². The summed E-state index contributed by atoms with van der Waals surface area (Å²) in [5.41, 5.74) is 1.03. The Bertz CT molecular complexity index is 539. The van der Waals surface area contributed by atoms with Crippen molar-refractivity contribution in [2.24, 2.45) is 10.9 Å². The molecule has 1 heterocycles. The first-order chi connectivity index (χ1) is 12.7. The standard InChI is InChI=1S/C20H33FN4O/c1-4-17(5-2)19(25-10-12-26-13-11-25)15-24-20(22-3)23-14-16-6-8-18(21)9-7-16/h6-9,17,19H,4-5,10-15H2,1-3H3,(H2,22,23,24). The van der Waals surface area contributed by atoms with Crippen LogP contribution in [-0.2, 0) is 11.3 Å². The summed E-state index contributed by atoms with van der Waals surface area (Å²) in [5, 5.41) is 6.79. The number of benzene rings is 1. The van der Waals surface area contributed by atoms with Crippen LogP contribution in [0.15, 0.2) is 29.3 Å². The highest BCUT2D eigenvalue weighted by Crippen LogP contribution is 2.19. The van der Waals surface area contributed by atoms with Crippen LogP contribution in [0.1, 0.15) is 32.3 Å². The molecule has 2 rings (SSSR count). The molecule has 1 unspecified atom stereocenters. The lowest BCUT2D eigenvalue weighted by atomic mass is 9.92. The van der Waals surface area contributed by atoms with Crippen LogP contribution < -0.4 is 10.6 Å². The molecule has 1 aliphatic rings. The van der Waals surface area contributed by atoms with Gasteiger partial charge in [0.15, 0.2) is 5.96 Å². The first-order valence-corrected chi connectivity index (χ1v) is 9.68. The Morgan fingerprint density at radius 1 is 1.15 bits per heavy atom. The molecule has 0 spiro atoms. The van der Waals surface area contributed by atoms with Gasteiger partial charge in [0.05, 0.1) is 13.2 Å². The number of aliphatic imine (C=N–C) groups is 1. The van der Waals surface area contributed by atoms with Crippen LogP contribution in [0.5, 0.6) is 0 Å². The van der Waals surface area contributed by atoms with E-state index in [9.17, 15) is 4.39 Å². The van der Waals surface area contributed by atoms with E-state index in [-0.39, 0.29) is 5.82 Å². The smallest absolute Gasteiger partial charge is 0.191 e. The number of nitrogens with one attached hydrogen (secondary N) is 2. The van der Waals surface area contributed by atoms with Gasteiger partial charge in [0, 0.05) is 39.3 Å². The second-order valence-corrected chi connectivity index (χ2v) is 6.73. The van der Waals surface area contributed by atoms with Gasteiger partial charge >= 0.3 is 0 Å². The molecule has 0 radical (unpaired) electrons. The average molecular weight is 365 g/mol. The minimum absolute atomic E-state index is 0.213. The highest BCUT2D eigenvalue weighted by Gasteiger charge is 2.26. The topological polar surface area (TPSA) is 48.9 Å². The molecule has 1 aromatic rings. The lowest BCUT2D eigenvalue weighted by molar-refractivity contribution is 0.00272. The summed E-state index contributed by atoms with van der Waals surface area (Å²) in [4.78, 5) is 6.87. The summed E-state index contributed by atoms with van der Waals surface area (Å²) >= 11 is 0. The number of rotatable bonds is 8. The van der Waals surface area contributed by atoms with E-state index in [2.05, 4.69) is 34.4 Å². The van der Waals surface area contributed by atoms with Crippen molar-refractivity contribution in [2.45, 2.75) is 39.3 Å². The zero-order chi connectivity index (χ0) is 18.8. The maximum Gasteiger partial charge on any atom is 0.191 e. The molecule has 1 atom stereocenters. The van der Waals surface area contributed by atoms with Crippen molar-refractivity contribution in [3.8, 4) is 0 Å². The molecule has 1 aromatic carbocycles. The predicted molar refractivity (Wildman–Crippen MR) is 105 cm³/mol. The molecule has 0 aliphatic carbocycles. The van der Waals surface area contributed by atoms with E-state index < -0.39 is 0 Å². The van der Waals surface area contributed by atoms with Crippen molar-refractivity contribution in [1.29, 1.82) is 0 Å². The van der Waals surface area contributed by atoms with E-state index >= 15 is 0 Å². The number of hydrogen-bond acceptors (Lipinski definition) is 3. The van der Waals surface area contributed by atoms with E-state index in [0.29, 0.717) is 18.5 Å². The zero-order valence-electron chi connectivity index (χ0n) is 16.3. The van der Waals surface area contributed by atoms with Crippen LogP contribution in [-0.4, -0.2) is 56.8 Å². The fourth-order valence-electron chi connectivity index (χ4n) is 3.55. The molecule has 0 amide bonds. The maximum absolute atomic E-state index is 13.0. The van der Waals surface area contributed by atoms with Gasteiger partial charge < -0.3 is 15.4 Å². The molecule has 0 saturated carbocycles. The Kier molecular flexibility index (Phi) is 8.85. The summed E-state index contributed by atoms with van der Waals surface area (Å²) < 4.78 is 18.5. The zero-order valence-corrected chi connectivity index (χ0v) is 16.3. The molecule has 1 aliphatic heterocycles. The highest BCUT2D eigenvalue weighted by atomic mass is 19.1. The van der Waals surface area contributed by atoms with E-state index in [1.807, 2.05) is 0 Å². The molecule has 6 heteroatoms. The molecule has 146 valence electrons. The van der Waals surface area contributed by atoms with Crippen molar-refractivity contribution in [3.05, 3.63) is 35.6 Å². The Labute approximate surface area is 157 Å². The van der Waals surface area contributed by atoms with Crippen molar-refractivity contribution in [3.63, 3.8) is 0 Å². The van der Waals surface area contributed by atoms with E-state index in [1.54, 1.807) is 19.2 Å². The molecule has 0 aromatic heterocycles. The van der Waals surface area contributed by atoms with Crippen molar-refractivity contribution >= 4 is 5.96 Å². The summed E-state index contributed by atoms with van der Waals surface area (Å²) in [7, 11) is 1.78. The number of nitrogens with zero attached hydrogens (tertiary/aromatic N) is 2. The first kappa shape index (κ1) is 20.6. The van der Waals surface area contributed by atoms with Crippen molar-refractivity contribution in [2.75, 3.05) is 39.9 Å². The molecule has 1 saturated heterocycles. The average Bonchev–Trinajstić information content (AvgIpc) is 2.69. The quantitative estimate of drug-likeness (QED) is 0.550. The van der Waals surface area contributed by atoms with E-state index in [0.717, 1.165) is 44.4 Å². The monoisotopic (exact) mass is 364 g/mol. The Morgan fingerprint density at radius 2 is 1.81 bits per heavy atom. The van der Waals surface area contributed by atoms with Crippen molar-refractivity contribution in [1.82, 2.24) is 15.5 Å². The predicted octanol–water partition coefficient (Wildman–Crippen LogP) is 2.63. The third kappa shape index (κ3) is 6.25. The van der Waals surface area contributed by atoms with Gasteiger partial charge in [0.2, 0.25) is 0 Å². The number of ether oxygens (including phenoxy) is 1. The lowest BCUT2D eigenvalue weighted by Gasteiger charge is -2.39. The summed E-state index contributed by atoms with van der Waals surface area (Å²) in [6.45, 7) is 9.62. The van der Waals surface area contributed by atoms with Gasteiger partial charge in [0.1, 0.15) is 5.82 Å². The normalized spacial score (nSPS) is 17.3. The number of halogens is 1. The van der Waals surface area contributed by atoms with Gasteiger partial charge in [-0.2, -0.15) is 0 Å². The summed E-state index contributed by atoms with van der Waals surface area (Å²) in [6.07, 6.45) is 2.34. The third-order valence-electron chi connectivity index (χ3n) is 5.18. The van der Waals surface area contributed by atoms with Gasteiger partial charge in [-0.25, -0.2) is 4.39 Å². The first-order valence-electron chi connectivity index (χ1n) is 9.68.